The normalized spacial score (nSPS) is 27.4. The monoisotopic (exact) mass is 418 g/mol. The third-order valence-corrected chi connectivity index (χ3v) is 8.23. The van der Waals surface area contributed by atoms with Crippen LogP contribution in [0.5, 0.6) is 0 Å². The lowest BCUT2D eigenvalue weighted by atomic mass is 9.86. The topological polar surface area (TPSA) is 93.2 Å². The Morgan fingerprint density at radius 2 is 1.64 bits per heavy atom. The fraction of sp³-hybridized carbons (Fsp3) is 0.895. The van der Waals surface area contributed by atoms with E-state index in [2.05, 4.69) is 0 Å². The molecule has 0 N–H and O–H groups in total. The summed E-state index contributed by atoms with van der Waals surface area (Å²) in [6.45, 7) is 10.2. The summed E-state index contributed by atoms with van der Waals surface area (Å²) in [7, 11) is -1.74. The maximum atomic E-state index is 13.4. The molecule has 0 aromatic carbocycles. The first-order valence-corrected chi connectivity index (χ1v) is 11.4. The van der Waals surface area contributed by atoms with Gasteiger partial charge in [0, 0.05) is 33.3 Å². The Balaban J connectivity index is 2.17. The molecule has 0 radical (unpaired) electrons. The van der Waals surface area contributed by atoms with Gasteiger partial charge in [-0.3, -0.25) is 4.79 Å². The van der Waals surface area contributed by atoms with E-state index in [1.807, 2.05) is 0 Å². The van der Waals surface area contributed by atoms with Crippen molar-refractivity contribution in [2.75, 3.05) is 45.6 Å². The second-order valence-corrected chi connectivity index (χ2v) is 12.2. The highest BCUT2D eigenvalue weighted by molar-refractivity contribution is 7.92. The number of amides is 2. The second kappa shape index (κ2) is 7.82. The fourth-order valence-corrected chi connectivity index (χ4v) is 5.12. The van der Waals surface area contributed by atoms with E-state index in [1.165, 1.54) is 7.11 Å². The van der Waals surface area contributed by atoms with Gasteiger partial charge in [0.2, 0.25) is 5.91 Å². The number of methoxy groups -OCH3 is 1. The third kappa shape index (κ3) is 4.79. The highest BCUT2D eigenvalue weighted by atomic mass is 32.2. The van der Waals surface area contributed by atoms with Crippen molar-refractivity contribution in [2.45, 2.75) is 57.8 Å². The minimum atomic E-state index is -3.27. The van der Waals surface area contributed by atoms with E-state index in [1.54, 1.807) is 44.4 Å². The molecule has 0 aromatic heterocycles. The molecular formula is C19H34N2O6S. The molecule has 28 heavy (non-hydrogen) atoms. The van der Waals surface area contributed by atoms with Gasteiger partial charge >= 0.3 is 6.09 Å². The van der Waals surface area contributed by atoms with Crippen molar-refractivity contribution in [1.82, 2.24) is 9.80 Å². The number of ether oxygens (including phenoxy) is 2. The van der Waals surface area contributed by atoms with Crippen LogP contribution in [0.2, 0.25) is 0 Å². The molecule has 2 aliphatic heterocycles. The minimum absolute atomic E-state index is 0.0510. The van der Waals surface area contributed by atoms with Crippen LogP contribution in [0.4, 0.5) is 4.79 Å². The molecule has 0 aliphatic carbocycles. The Kier molecular flexibility index (Phi) is 6.40. The molecule has 2 amide bonds. The summed E-state index contributed by atoms with van der Waals surface area (Å²) in [5, 5.41) is 0. The minimum Gasteiger partial charge on any atom is -0.444 e. The molecule has 2 saturated heterocycles. The van der Waals surface area contributed by atoms with Crippen LogP contribution in [0.3, 0.4) is 0 Å². The molecule has 8 nitrogen and oxygen atoms in total. The van der Waals surface area contributed by atoms with Crippen LogP contribution in [0, 0.1) is 5.41 Å². The maximum Gasteiger partial charge on any atom is 0.410 e. The fourth-order valence-electron chi connectivity index (χ4n) is 3.70. The summed E-state index contributed by atoms with van der Waals surface area (Å²) in [6.07, 6.45) is 0.406. The standard InChI is InChI=1S/C19H34N2O6S/c1-17(2,3)27-16(23)21-10-8-19(13-21,14-26-6)15(22)20-9-7-18(4,5)28(24,25)12-11-20/h7-14H2,1-6H3/t19-/m1/s1. The predicted molar refractivity (Wildman–Crippen MR) is 106 cm³/mol. The number of sulfone groups is 1. The number of rotatable bonds is 3. The molecule has 2 aliphatic rings. The average Bonchev–Trinajstić information content (AvgIpc) is 2.94. The average molecular weight is 419 g/mol. The summed E-state index contributed by atoms with van der Waals surface area (Å²) in [5.41, 5.74) is -1.48. The maximum absolute atomic E-state index is 13.4. The van der Waals surface area contributed by atoms with Gasteiger partial charge in [-0.25, -0.2) is 13.2 Å². The Morgan fingerprint density at radius 3 is 2.21 bits per heavy atom. The Bertz CT molecular complexity index is 712. The second-order valence-electron chi connectivity index (χ2n) is 9.49. The zero-order valence-electron chi connectivity index (χ0n) is 17.9. The van der Waals surface area contributed by atoms with Gasteiger partial charge in [-0.15, -0.1) is 0 Å². The van der Waals surface area contributed by atoms with Crippen LogP contribution in [-0.4, -0.2) is 86.2 Å². The summed E-state index contributed by atoms with van der Waals surface area (Å²) in [4.78, 5) is 29.0. The SMILES string of the molecule is COC[C@@]1(C(=O)N2CCC(C)(C)S(=O)(=O)CC2)CCN(C(=O)OC(C)(C)C)C1. The smallest absolute Gasteiger partial charge is 0.410 e. The summed E-state index contributed by atoms with van der Waals surface area (Å²) in [5.74, 6) is -0.196. The molecule has 0 saturated carbocycles. The van der Waals surface area contributed by atoms with Crippen molar-refractivity contribution < 1.29 is 27.5 Å². The van der Waals surface area contributed by atoms with Crippen LogP contribution >= 0.6 is 0 Å². The van der Waals surface area contributed by atoms with Crippen molar-refractivity contribution in [3.05, 3.63) is 0 Å². The van der Waals surface area contributed by atoms with E-state index in [-0.39, 0.29) is 31.4 Å². The molecule has 2 heterocycles. The van der Waals surface area contributed by atoms with Gasteiger partial charge in [-0.1, -0.05) is 0 Å². The molecule has 0 bridgehead atoms. The predicted octanol–water partition coefficient (Wildman–Crippen LogP) is 1.69. The van der Waals surface area contributed by atoms with Gasteiger partial charge in [-0.2, -0.15) is 0 Å². The van der Waals surface area contributed by atoms with Crippen molar-refractivity contribution in [3.8, 4) is 0 Å². The van der Waals surface area contributed by atoms with E-state index >= 15 is 0 Å². The zero-order chi connectivity index (χ0) is 21.4. The summed E-state index contributed by atoms with van der Waals surface area (Å²) >= 11 is 0. The highest BCUT2D eigenvalue weighted by Gasteiger charge is 2.50. The number of nitrogens with zero attached hydrogens (tertiary/aromatic N) is 2. The lowest BCUT2D eigenvalue weighted by Crippen LogP contribution is -2.49. The first-order chi connectivity index (χ1) is 12.7. The van der Waals surface area contributed by atoms with E-state index in [0.717, 1.165) is 0 Å². The quantitative estimate of drug-likeness (QED) is 0.692. The molecule has 9 heteroatoms. The van der Waals surface area contributed by atoms with Crippen molar-refractivity contribution in [1.29, 1.82) is 0 Å². The van der Waals surface area contributed by atoms with Gasteiger partial charge < -0.3 is 19.3 Å². The summed E-state index contributed by atoms with van der Waals surface area (Å²) in [6, 6.07) is 0. The lowest BCUT2D eigenvalue weighted by Gasteiger charge is -2.33. The Hall–Kier alpha value is -1.35. The van der Waals surface area contributed by atoms with Crippen molar-refractivity contribution in [2.24, 2.45) is 5.41 Å². The number of likely N-dealkylation sites (tertiary alicyclic amines) is 1. The van der Waals surface area contributed by atoms with Crippen LogP contribution in [0.15, 0.2) is 0 Å². The van der Waals surface area contributed by atoms with Gasteiger partial charge in [0.25, 0.3) is 0 Å². The van der Waals surface area contributed by atoms with Gasteiger partial charge in [0.1, 0.15) is 5.60 Å². The molecule has 2 rings (SSSR count). The largest absolute Gasteiger partial charge is 0.444 e. The van der Waals surface area contributed by atoms with Crippen LogP contribution in [0.25, 0.3) is 0 Å². The Labute approximate surface area is 168 Å². The number of hydrogen-bond donors (Lipinski definition) is 0. The van der Waals surface area contributed by atoms with Gasteiger partial charge in [0.15, 0.2) is 9.84 Å². The van der Waals surface area contributed by atoms with Crippen molar-refractivity contribution in [3.63, 3.8) is 0 Å². The third-order valence-electron chi connectivity index (χ3n) is 5.62. The zero-order valence-corrected chi connectivity index (χ0v) is 18.7. The van der Waals surface area contributed by atoms with Crippen molar-refractivity contribution >= 4 is 21.8 Å². The number of hydrogen-bond acceptors (Lipinski definition) is 6. The lowest BCUT2D eigenvalue weighted by molar-refractivity contribution is -0.144. The Morgan fingerprint density at radius 1 is 1.04 bits per heavy atom. The highest BCUT2D eigenvalue weighted by Crippen LogP contribution is 2.35. The van der Waals surface area contributed by atoms with E-state index in [9.17, 15) is 18.0 Å². The van der Waals surface area contributed by atoms with E-state index < -0.39 is 31.7 Å². The molecule has 1 atom stereocenters. The molecular weight excluding hydrogens is 384 g/mol. The molecule has 0 unspecified atom stereocenters. The first-order valence-electron chi connectivity index (χ1n) is 9.72. The molecule has 0 spiro atoms. The summed E-state index contributed by atoms with van der Waals surface area (Å²) < 4.78 is 34.8. The molecule has 0 aromatic rings. The van der Waals surface area contributed by atoms with Gasteiger partial charge in [0.05, 0.1) is 22.5 Å². The van der Waals surface area contributed by atoms with Crippen LogP contribution in [0.1, 0.15) is 47.5 Å². The van der Waals surface area contributed by atoms with E-state index in [0.29, 0.717) is 25.9 Å². The van der Waals surface area contributed by atoms with Crippen LogP contribution in [-0.2, 0) is 24.1 Å². The van der Waals surface area contributed by atoms with Crippen LogP contribution < -0.4 is 0 Å². The molecule has 2 fully saturated rings. The number of carbonyl (C=O) groups excluding carboxylic acids is 2. The first kappa shape index (κ1) is 22.9. The van der Waals surface area contributed by atoms with Gasteiger partial charge in [-0.05, 0) is 47.5 Å². The number of carbonyl (C=O) groups is 2. The van der Waals surface area contributed by atoms with E-state index in [4.69, 9.17) is 9.47 Å². The molecule has 162 valence electrons.